The van der Waals surface area contributed by atoms with Gasteiger partial charge in [-0.15, -0.1) is 0 Å². The number of esters is 1. The van der Waals surface area contributed by atoms with Crippen molar-refractivity contribution in [2.45, 2.75) is 45.9 Å². The molecule has 0 aliphatic rings. The van der Waals surface area contributed by atoms with Crippen molar-refractivity contribution in [3.8, 4) is 11.8 Å². The van der Waals surface area contributed by atoms with Crippen LogP contribution in [0.4, 0.5) is 0 Å². The molecule has 0 aromatic heterocycles. The standard InChI is InChI=1S/C23H26N2O4/c1-16(2)23(4,15-24)25-21(26)17(3)29-22(27)19-10-12-20(13-11-19)28-14-18-8-6-5-7-9-18/h5-13,16-17H,14H2,1-4H3,(H,25,26)/t17-,23+/m1/s1. The van der Waals surface area contributed by atoms with Crippen molar-refractivity contribution >= 4 is 11.9 Å². The summed E-state index contributed by atoms with van der Waals surface area (Å²) >= 11 is 0. The Kier molecular flexibility index (Phi) is 7.38. The van der Waals surface area contributed by atoms with Crippen LogP contribution in [0.2, 0.25) is 0 Å². The summed E-state index contributed by atoms with van der Waals surface area (Å²) < 4.78 is 10.9. The Morgan fingerprint density at radius 1 is 1.07 bits per heavy atom. The Morgan fingerprint density at radius 2 is 1.69 bits per heavy atom. The van der Waals surface area contributed by atoms with Gasteiger partial charge in [0.15, 0.2) is 6.10 Å². The fourth-order valence-corrected chi connectivity index (χ4v) is 2.37. The fourth-order valence-electron chi connectivity index (χ4n) is 2.37. The Labute approximate surface area is 171 Å². The van der Waals surface area contributed by atoms with E-state index in [0.717, 1.165) is 5.56 Å². The third-order valence-electron chi connectivity index (χ3n) is 4.76. The van der Waals surface area contributed by atoms with E-state index in [-0.39, 0.29) is 5.92 Å². The molecule has 2 atom stereocenters. The van der Waals surface area contributed by atoms with Crippen molar-refractivity contribution in [3.05, 3.63) is 65.7 Å². The van der Waals surface area contributed by atoms with Crippen molar-refractivity contribution in [2.24, 2.45) is 5.92 Å². The van der Waals surface area contributed by atoms with Crippen LogP contribution in [0.3, 0.4) is 0 Å². The number of rotatable bonds is 8. The maximum absolute atomic E-state index is 12.3. The molecular weight excluding hydrogens is 368 g/mol. The molecule has 152 valence electrons. The Morgan fingerprint density at radius 3 is 2.24 bits per heavy atom. The van der Waals surface area contributed by atoms with Crippen LogP contribution in [0.25, 0.3) is 0 Å². The zero-order valence-electron chi connectivity index (χ0n) is 17.1. The van der Waals surface area contributed by atoms with Crippen molar-refractivity contribution in [2.75, 3.05) is 0 Å². The van der Waals surface area contributed by atoms with Gasteiger partial charge in [-0.2, -0.15) is 5.26 Å². The van der Waals surface area contributed by atoms with Crippen LogP contribution in [0.1, 0.15) is 43.6 Å². The van der Waals surface area contributed by atoms with Gasteiger partial charge in [-0.1, -0.05) is 44.2 Å². The van der Waals surface area contributed by atoms with Gasteiger partial charge >= 0.3 is 5.97 Å². The molecule has 6 heteroatoms. The van der Waals surface area contributed by atoms with Crippen LogP contribution in [-0.4, -0.2) is 23.5 Å². The van der Waals surface area contributed by atoms with Crippen LogP contribution in [0, 0.1) is 17.2 Å². The number of amides is 1. The zero-order valence-corrected chi connectivity index (χ0v) is 17.1. The molecule has 29 heavy (non-hydrogen) atoms. The summed E-state index contributed by atoms with van der Waals surface area (Å²) in [6.45, 7) is 7.21. The molecule has 1 N–H and O–H groups in total. The van der Waals surface area contributed by atoms with Gasteiger partial charge in [0.05, 0.1) is 11.6 Å². The fraction of sp³-hybridized carbons (Fsp3) is 0.348. The third-order valence-corrected chi connectivity index (χ3v) is 4.76. The number of benzene rings is 2. The molecule has 0 heterocycles. The molecule has 0 saturated heterocycles. The molecule has 0 saturated carbocycles. The molecule has 2 aromatic rings. The Bertz CT molecular complexity index is 872. The minimum atomic E-state index is -1.03. The van der Waals surface area contributed by atoms with Crippen LogP contribution in [-0.2, 0) is 16.1 Å². The summed E-state index contributed by atoms with van der Waals surface area (Å²) in [7, 11) is 0. The lowest BCUT2D eigenvalue weighted by Gasteiger charge is -2.28. The highest BCUT2D eigenvalue weighted by molar-refractivity contribution is 5.92. The summed E-state index contributed by atoms with van der Waals surface area (Å²) in [5, 5.41) is 11.9. The molecule has 0 unspecified atom stereocenters. The Hall–Kier alpha value is -3.33. The molecule has 0 bridgehead atoms. The summed E-state index contributed by atoms with van der Waals surface area (Å²) in [5.41, 5.74) is 0.320. The van der Waals surface area contributed by atoms with Crippen molar-refractivity contribution < 1.29 is 19.1 Å². The monoisotopic (exact) mass is 394 g/mol. The smallest absolute Gasteiger partial charge is 0.338 e. The first kappa shape index (κ1) is 22.0. The van der Waals surface area contributed by atoms with E-state index in [4.69, 9.17) is 9.47 Å². The first-order chi connectivity index (χ1) is 13.7. The quantitative estimate of drug-likeness (QED) is 0.687. The van der Waals surface area contributed by atoms with E-state index >= 15 is 0 Å². The molecule has 0 fully saturated rings. The van der Waals surface area contributed by atoms with E-state index < -0.39 is 23.5 Å². The van der Waals surface area contributed by atoms with Gasteiger partial charge in [0.25, 0.3) is 5.91 Å². The SMILES string of the molecule is CC(C)[C@](C)(C#N)NC(=O)[C@@H](C)OC(=O)c1ccc(OCc2ccccc2)cc1. The van der Waals surface area contributed by atoms with Crippen LogP contribution < -0.4 is 10.1 Å². The molecule has 0 spiro atoms. The van der Waals surface area contributed by atoms with E-state index in [1.54, 1.807) is 31.2 Å². The summed E-state index contributed by atoms with van der Waals surface area (Å²) in [6.07, 6.45) is -1.03. The molecule has 1 amide bonds. The summed E-state index contributed by atoms with van der Waals surface area (Å²) in [6, 6.07) is 18.4. The number of nitriles is 1. The van der Waals surface area contributed by atoms with Gasteiger partial charge in [-0.05, 0) is 49.6 Å². The second-order valence-electron chi connectivity index (χ2n) is 7.30. The molecule has 0 aliphatic heterocycles. The topological polar surface area (TPSA) is 88.4 Å². The lowest BCUT2D eigenvalue weighted by Crippen LogP contribution is -2.52. The number of nitrogens with one attached hydrogen (secondary N) is 1. The van der Waals surface area contributed by atoms with E-state index in [2.05, 4.69) is 11.4 Å². The highest BCUT2D eigenvalue weighted by atomic mass is 16.5. The van der Waals surface area contributed by atoms with Gasteiger partial charge < -0.3 is 14.8 Å². The summed E-state index contributed by atoms with van der Waals surface area (Å²) in [4.78, 5) is 24.6. The molecule has 2 aromatic carbocycles. The normalized spacial score (nSPS) is 13.7. The number of hydrogen-bond acceptors (Lipinski definition) is 5. The molecular formula is C23H26N2O4. The number of ether oxygens (including phenoxy) is 2. The van der Waals surface area contributed by atoms with E-state index in [1.165, 1.54) is 6.92 Å². The first-order valence-corrected chi connectivity index (χ1v) is 9.46. The second kappa shape index (κ2) is 9.74. The van der Waals surface area contributed by atoms with Crippen molar-refractivity contribution in [1.29, 1.82) is 5.26 Å². The molecule has 6 nitrogen and oxygen atoms in total. The largest absolute Gasteiger partial charge is 0.489 e. The van der Waals surface area contributed by atoms with E-state index in [9.17, 15) is 14.9 Å². The minimum Gasteiger partial charge on any atom is -0.489 e. The average molecular weight is 394 g/mol. The zero-order chi connectivity index (χ0) is 21.4. The van der Waals surface area contributed by atoms with Crippen LogP contribution >= 0.6 is 0 Å². The molecule has 0 radical (unpaired) electrons. The second-order valence-corrected chi connectivity index (χ2v) is 7.30. The van der Waals surface area contributed by atoms with Crippen LogP contribution in [0.5, 0.6) is 5.75 Å². The van der Waals surface area contributed by atoms with E-state index in [1.807, 2.05) is 44.2 Å². The van der Waals surface area contributed by atoms with Gasteiger partial charge in [0, 0.05) is 0 Å². The highest BCUT2D eigenvalue weighted by Crippen LogP contribution is 2.17. The van der Waals surface area contributed by atoms with Crippen molar-refractivity contribution in [1.82, 2.24) is 5.32 Å². The Balaban J connectivity index is 1.91. The number of hydrogen-bond donors (Lipinski definition) is 1. The minimum absolute atomic E-state index is 0.0946. The lowest BCUT2D eigenvalue weighted by atomic mass is 9.90. The lowest BCUT2D eigenvalue weighted by molar-refractivity contribution is -0.130. The predicted molar refractivity (Wildman–Crippen MR) is 109 cm³/mol. The van der Waals surface area contributed by atoms with Gasteiger partial charge in [0.1, 0.15) is 17.9 Å². The maximum atomic E-state index is 12.3. The highest BCUT2D eigenvalue weighted by Gasteiger charge is 2.32. The molecule has 0 aliphatic carbocycles. The number of carbonyl (C=O) groups excluding carboxylic acids is 2. The predicted octanol–water partition coefficient (Wildman–Crippen LogP) is 3.87. The van der Waals surface area contributed by atoms with Gasteiger partial charge in [-0.25, -0.2) is 4.79 Å². The first-order valence-electron chi connectivity index (χ1n) is 9.46. The van der Waals surface area contributed by atoms with Gasteiger partial charge in [-0.3, -0.25) is 4.79 Å². The average Bonchev–Trinajstić information content (AvgIpc) is 2.72. The maximum Gasteiger partial charge on any atom is 0.338 e. The van der Waals surface area contributed by atoms with Crippen LogP contribution in [0.15, 0.2) is 54.6 Å². The number of nitrogens with zero attached hydrogens (tertiary/aromatic N) is 1. The van der Waals surface area contributed by atoms with Gasteiger partial charge in [0.2, 0.25) is 0 Å². The summed E-state index contributed by atoms with van der Waals surface area (Å²) in [5.74, 6) is -0.606. The molecule has 2 rings (SSSR count). The number of carbonyl (C=O) groups is 2. The van der Waals surface area contributed by atoms with E-state index in [0.29, 0.717) is 17.9 Å². The van der Waals surface area contributed by atoms with Crippen molar-refractivity contribution in [3.63, 3.8) is 0 Å². The third kappa shape index (κ3) is 6.08.